The number of halogens is 1. The second kappa shape index (κ2) is 12.2. The minimum Gasteiger partial charge on any atom is -0.486 e. The highest BCUT2D eigenvalue weighted by atomic mass is 127. The van der Waals surface area contributed by atoms with Crippen molar-refractivity contribution in [1.29, 1.82) is 0 Å². The van der Waals surface area contributed by atoms with E-state index in [1.807, 2.05) is 19.2 Å². The summed E-state index contributed by atoms with van der Waals surface area (Å²) >= 11 is 0. The third kappa shape index (κ3) is 6.52. The van der Waals surface area contributed by atoms with Crippen molar-refractivity contribution in [3.05, 3.63) is 47.9 Å². The van der Waals surface area contributed by atoms with Crippen LogP contribution in [0.4, 0.5) is 0 Å². The number of furan rings is 1. The van der Waals surface area contributed by atoms with Crippen molar-refractivity contribution in [2.24, 2.45) is 4.99 Å². The van der Waals surface area contributed by atoms with Gasteiger partial charge < -0.3 is 24.5 Å². The molecule has 1 aromatic heterocycles. The zero-order valence-corrected chi connectivity index (χ0v) is 20.5. The predicted molar refractivity (Wildman–Crippen MR) is 133 cm³/mol. The summed E-state index contributed by atoms with van der Waals surface area (Å²) < 4.78 is 17.0. The zero-order valence-electron chi connectivity index (χ0n) is 18.1. The summed E-state index contributed by atoms with van der Waals surface area (Å²) in [6.45, 7) is 5.00. The van der Waals surface area contributed by atoms with E-state index in [0.29, 0.717) is 13.2 Å². The number of guanidine groups is 1. The number of nitrogens with zero attached hydrogens (tertiary/aromatic N) is 2. The number of likely N-dealkylation sites (tertiary alicyclic amines) is 1. The van der Waals surface area contributed by atoms with Crippen molar-refractivity contribution in [3.63, 3.8) is 0 Å². The molecule has 0 amide bonds. The lowest BCUT2D eigenvalue weighted by Crippen LogP contribution is -2.44. The van der Waals surface area contributed by atoms with Crippen molar-refractivity contribution in [2.45, 2.75) is 31.7 Å². The summed E-state index contributed by atoms with van der Waals surface area (Å²) in [4.78, 5) is 6.90. The molecule has 170 valence electrons. The standard InChI is InChI=1S/C23H32N4O3.HI/c1-24-23(25-10-9-18-7-8-21-22(16-18)30-15-14-29-21)26-17-19(20-6-5-13-28-20)27-11-3-2-4-12-27;/h5-8,13,16,19H,2-4,9-12,14-15,17H2,1H3,(H2,24,25,26);1H. The molecule has 0 spiro atoms. The number of fused-ring (bicyclic) bond motifs is 1. The van der Waals surface area contributed by atoms with Crippen molar-refractivity contribution < 1.29 is 13.9 Å². The molecule has 2 aromatic rings. The maximum atomic E-state index is 5.74. The molecule has 0 saturated carbocycles. The fourth-order valence-electron chi connectivity index (χ4n) is 4.10. The van der Waals surface area contributed by atoms with Gasteiger partial charge in [0, 0.05) is 20.1 Å². The molecule has 31 heavy (non-hydrogen) atoms. The van der Waals surface area contributed by atoms with Gasteiger partial charge in [0.15, 0.2) is 17.5 Å². The molecular weight excluding hydrogens is 507 g/mol. The van der Waals surface area contributed by atoms with Crippen LogP contribution in [0.1, 0.15) is 36.6 Å². The molecule has 1 unspecified atom stereocenters. The minimum absolute atomic E-state index is 0. The molecule has 2 aliphatic heterocycles. The Labute approximate surface area is 201 Å². The second-order valence-electron chi connectivity index (χ2n) is 7.74. The molecule has 2 N–H and O–H groups in total. The summed E-state index contributed by atoms with van der Waals surface area (Å²) in [6.07, 6.45) is 6.45. The van der Waals surface area contributed by atoms with Gasteiger partial charge in [0.25, 0.3) is 0 Å². The van der Waals surface area contributed by atoms with Crippen molar-refractivity contribution in [3.8, 4) is 11.5 Å². The Bertz CT molecular complexity index is 822. The van der Waals surface area contributed by atoms with E-state index in [2.05, 4.69) is 38.7 Å². The number of ether oxygens (including phenoxy) is 2. The number of nitrogens with one attached hydrogen (secondary N) is 2. The number of piperidine rings is 1. The van der Waals surface area contributed by atoms with Gasteiger partial charge in [-0.15, -0.1) is 24.0 Å². The first-order valence-corrected chi connectivity index (χ1v) is 10.9. The van der Waals surface area contributed by atoms with Gasteiger partial charge in [0.05, 0.1) is 12.3 Å². The van der Waals surface area contributed by atoms with Crippen molar-refractivity contribution in [2.75, 3.05) is 46.4 Å². The third-order valence-corrected chi connectivity index (χ3v) is 5.70. The number of hydrogen-bond acceptors (Lipinski definition) is 5. The van der Waals surface area contributed by atoms with Crippen LogP contribution in [0, 0.1) is 0 Å². The first-order valence-electron chi connectivity index (χ1n) is 10.9. The van der Waals surface area contributed by atoms with Crippen LogP contribution in [0.5, 0.6) is 11.5 Å². The topological polar surface area (TPSA) is 71.3 Å². The number of benzene rings is 1. The quantitative estimate of drug-likeness (QED) is 0.318. The van der Waals surface area contributed by atoms with E-state index in [1.54, 1.807) is 6.26 Å². The van der Waals surface area contributed by atoms with E-state index in [0.717, 1.165) is 55.8 Å². The molecule has 1 saturated heterocycles. The molecule has 1 atom stereocenters. The molecule has 1 fully saturated rings. The van der Waals surface area contributed by atoms with Crippen LogP contribution in [0.25, 0.3) is 0 Å². The smallest absolute Gasteiger partial charge is 0.191 e. The van der Waals surface area contributed by atoms with Gasteiger partial charge in [-0.1, -0.05) is 12.5 Å². The van der Waals surface area contributed by atoms with Gasteiger partial charge in [-0.25, -0.2) is 0 Å². The number of rotatable bonds is 7. The maximum Gasteiger partial charge on any atom is 0.191 e. The lowest BCUT2D eigenvalue weighted by molar-refractivity contribution is 0.146. The average Bonchev–Trinajstić information content (AvgIpc) is 3.33. The van der Waals surface area contributed by atoms with Crippen LogP contribution >= 0.6 is 24.0 Å². The highest BCUT2D eigenvalue weighted by molar-refractivity contribution is 14.0. The molecule has 4 rings (SSSR count). The van der Waals surface area contributed by atoms with E-state index in [1.165, 1.54) is 24.8 Å². The predicted octanol–water partition coefficient (Wildman–Crippen LogP) is 3.60. The van der Waals surface area contributed by atoms with Crippen molar-refractivity contribution in [1.82, 2.24) is 15.5 Å². The molecule has 2 aliphatic rings. The van der Waals surface area contributed by atoms with Crippen LogP contribution in [-0.4, -0.2) is 57.3 Å². The molecule has 0 radical (unpaired) electrons. The summed E-state index contributed by atoms with van der Waals surface area (Å²) in [6, 6.07) is 10.4. The van der Waals surface area contributed by atoms with E-state index in [4.69, 9.17) is 13.9 Å². The Morgan fingerprint density at radius 1 is 1.06 bits per heavy atom. The van der Waals surface area contributed by atoms with Gasteiger partial charge in [-0.3, -0.25) is 9.89 Å². The number of aliphatic imine (C=N–C) groups is 1. The lowest BCUT2D eigenvalue weighted by Gasteiger charge is -2.33. The SMILES string of the molecule is CN=C(NCCc1ccc2c(c1)OCCO2)NCC(c1ccco1)N1CCCCC1.I. The average molecular weight is 540 g/mol. The molecular formula is C23H33IN4O3. The highest BCUT2D eigenvalue weighted by Crippen LogP contribution is 2.30. The fourth-order valence-corrected chi connectivity index (χ4v) is 4.10. The van der Waals surface area contributed by atoms with Crippen LogP contribution in [0.2, 0.25) is 0 Å². The molecule has 7 nitrogen and oxygen atoms in total. The zero-order chi connectivity index (χ0) is 20.6. The number of hydrogen-bond donors (Lipinski definition) is 2. The summed E-state index contributed by atoms with van der Waals surface area (Å²) in [5.41, 5.74) is 1.21. The molecule has 0 bridgehead atoms. The highest BCUT2D eigenvalue weighted by Gasteiger charge is 2.24. The van der Waals surface area contributed by atoms with Crippen LogP contribution < -0.4 is 20.1 Å². The lowest BCUT2D eigenvalue weighted by atomic mass is 10.1. The van der Waals surface area contributed by atoms with Crippen molar-refractivity contribution >= 4 is 29.9 Å². The second-order valence-corrected chi connectivity index (χ2v) is 7.74. The van der Waals surface area contributed by atoms with Gasteiger partial charge in [-0.2, -0.15) is 0 Å². The third-order valence-electron chi connectivity index (χ3n) is 5.70. The van der Waals surface area contributed by atoms with E-state index < -0.39 is 0 Å². The maximum absolute atomic E-state index is 5.74. The van der Waals surface area contributed by atoms with E-state index in [-0.39, 0.29) is 30.0 Å². The first kappa shape index (κ1) is 23.7. The Hall–Kier alpha value is -1.94. The van der Waals surface area contributed by atoms with Crippen LogP contribution in [0.15, 0.2) is 46.0 Å². The molecule has 0 aliphatic carbocycles. The first-order chi connectivity index (χ1) is 14.8. The Morgan fingerprint density at radius 2 is 1.87 bits per heavy atom. The van der Waals surface area contributed by atoms with Crippen LogP contribution in [-0.2, 0) is 6.42 Å². The molecule has 1 aromatic carbocycles. The van der Waals surface area contributed by atoms with Gasteiger partial charge in [0.2, 0.25) is 0 Å². The molecule has 3 heterocycles. The Balaban J connectivity index is 0.00000272. The van der Waals surface area contributed by atoms with Crippen LogP contribution in [0.3, 0.4) is 0 Å². The van der Waals surface area contributed by atoms with E-state index >= 15 is 0 Å². The Kier molecular flexibility index (Phi) is 9.32. The van der Waals surface area contributed by atoms with Gasteiger partial charge in [-0.05, 0) is 62.2 Å². The minimum atomic E-state index is 0. The monoisotopic (exact) mass is 540 g/mol. The van der Waals surface area contributed by atoms with E-state index in [9.17, 15) is 0 Å². The largest absolute Gasteiger partial charge is 0.486 e. The van der Waals surface area contributed by atoms with Gasteiger partial charge >= 0.3 is 0 Å². The Morgan fingerprint density at radius 3 is 2.61 bits per heavy atom. The summed E-state index contributed by atoms with van der Waals surface area (Å²) in [5, 5.41) is 6.90. The normalized spacial score (nSPS) is 17.5. The summed E-state index contributed by atoms with van der Waals surface area (Å²) in [7, 11) is 1.81. The fraction of sp³-hybridized carbons (Fsp3) is 0.522. The van der Waals surface area contributed by atoms with Gasteiger partial charge in [0.1, 0.15) is 19.0 Å². The summed E-state index contributed by atoms with van der Waals surface area (Å²) in [5.74, 6) is 3.48. The molecule has 8 heteroatoms.